The van der Waals surface area contributed by atoms with Gasteiger partial charge in [-0.2, -0.15) is 0 Å². The molecule has 0 fully saturated rings. The molecule has 0 amide bonds. The largest absolute Gasteiger partial charge is 0.403 e. The van der Waals surface area contributed by atoms with Gasteiger partial charge in [0.05, 0.1) is 16.6 Å². The molecule has 0 saturated carbocycles. The van der Waals surface area contributed by atoms with E-state index in [2.05, 4.69) is 20.2 Å². The molecule has 3 rings (SSSR count). The van der Waals surface area contributed by atoms with Crippen LogP contribution >= 0.6 is 0 Å². The fourth-order valence-corrected chi connectivity index (χ4v) is 2.10. The van der Waals surface area contributed by atoms with Crippen LogP contribution in [0.2, 0.25) is 0 Å². The predicted molar refractivity (Wildman–Crippen MR) is 72.4 cm³/mol. The van der Waals surface area contributed by atoms with Crippen molar-refractivity contribution in [3.63, 3.8) is 0 Å². The van der Waals surface area contributed by atoms with E-state index in [-0.39, 0.29) is 11.9 Å². The summed E-state index contributed by atoms with van der Waals surface area (Å²) >= 11 is 0. The van der Waals surface area contributed by atoms with E-state index in [1.807, 2.05) is 13.8 Å². The Morgan fingerprint density at radius 3 is 2.50 bits per heavy atom. The van der Waals surface area contributed by atoms with Crippen LogP contribution in [0, 0.1) is 13.8 Å². The van der Waals surface area contributed by atoms with Crippen LogP contribution in [-0.4, -0.2) is 20.2 Å². The van der Waals surface area contributed by atoms with E-state index in [1.165, 1.54) is 0 Å². The first-order valence-electron chi connectivity index (χ1n) is 5.83. The summed E-state index contributed by atoms with van der Waals surface area (Å²) in [6.45, 7) is 3.73. The summed E-state index contributed by atoms with van der Waals surface area (Å²) < 4.78 is 5.23. The van der Waals surface area contributed by atoms with Crippen molar-refractivity contribution in [3.05, 3.63) is 37.9 Å². The highest BCUT2D eigenvalue weighted by Crippen LogP contribution is 2.30. The number of aromatic nitrogens is 4. The number of nitrogens with one attached hydrogen (secondary N) is 2. The lowest BCUT2D eigenvalue weighted by Crippen LogP contribution is -2.29. The van der Waals surface area contributed by atoms with Gasteiger partial charge in [0.15, 0.2) is 0 Å². The first kappa shape index (κ1) is 12.2. The van der Waals surface area contributed by atoms with Crippen LogP contribution in [0.15, 0.2) is 20.1 Å². The maximum absolute atomic E-state index is 11.5. The summed E-state index contributed by atoms with van der Waals surface area (Å²) in [5.41, 5.74) is 7.21. The highest BCUT2D eigenvalue weighted by Gasteiger charge is 2.17. The summed E-state index contributed by atoms with van der Waals surface area (Å²) in [6.07, 6.45) is 0. The average molecular weight is 273 g/mol. The fraction of sp³-hybridized carbons (Fsp3) is 0.167. The number of aryl methyl sites for hydroxylation is 1. The quantitative estimate of drug-likeness (QED) is 0.552. The molecular weight excluding hydrogens is 262 g/mol. The molecule has 20 heavy (non-hydrogen) atoms. The summed E-state index contributed by atoms with van der Waals surface area (Å²) in [7, 11) is 0. The van der Waals surface area contributed by atoms with Gasteiger partial charge in [0, 0.05) is 0 Å². The third-order valence-corrected chi connectivity index (χ3v) is 3.19. The number of hydrogen-bond acceptors (Lipinski definition) is 6. The summed E-state index contributed by atoms with van der Waals surface area (Å²) in [4.78, 5) is 28.0. The monoisotopic (exact) mass is 273 g/mol. The van der Waals surface area contributed by atoms with E-state index >= 15 is 0 Å². The first-order chi connectivity index (χ1) is 9.47. The Kier molecular flexibility index (Phi) is 2.46. The summed E-state index contributed by atoms with van der Waals surface area (Å²) in [5, 5.41) is 7.44. The summed E-state index contributed by atoms with van der Waals surface area (Å²) in [6, 6.07) is 1.70. The van der Waals surface area contributed by atoms with Crippen LogP contribution in [0.25, 0.3) is 22.5 Å². The third kappa shape index (κ3) is 1.69. The lowest BCUT2D eigenvalue weighted by Gasteiger charge is -2.09. The minimum Gasteiger partial charge on any atom is -0.403 e. The molecule has 4 N–H and O–H groups in total. The van der Waals surface area contributed by atoms with Gasteiger partial charge < -0.3 is 20.1 Å². The predicted octanol–water partition coefficient (Wildman–Crippen LogP) is 0.465. The van der Waals surface area contributed by atoms with Crippen molar-refractivity contribution in [1.29, 1.82) is 0 Å². The van der Waals surface area contributed by atoms with Gasteiger partial charge in [0.1, 0.15) is 0 Å². The molecule has 8 nitrogen and oxygen atoms in total. The third-order valence-electron chi connectivity index (χ3n) is 3.19. The molecule has 1 aromatic carbocycles. The van der Waals surface area contributed by atoms with Crippen LogP contribution in [0.3, 0.4) is 0 Å². The van der Waals surface area contributed by atoms with Crippen molar-refractivity contribution in [3.8, 4) is 11.5 Å². The second-order valence-electron chi connectivity index (χ2n) is 4.47. The van der Waals surface area contributed by atoms with Gasteiger partial charge >= 0.3 is 17.1 Å². The number of hydrogen-bond donors (Lipinski definition) is 3. The molecule has 0 spiro atoms. The van der Waals surface area contributed by atoms with Crippen LogP contribution in [0.1, 0.15) is 11.1 Å². The molecule has 0 aliphatic rings. The number of benzene rings is 1. The fourth-order valence-electron chi connectivity index (χ4n) is 2.10. The second-order valence-corrected chi connectivity index (χ2v) is 4.47. The molecule has 0 radical (unpaired) electrons. The molecule has 0 saturated heterocycles. The molecule has 0 unspecified atom stereocenters. The second kappa shape index (κ2) is 4.05. The Balaban J connectivity index is 2.51. The topological polar surface area (TPSA) is 131 Å². The normalized spacial score (nSPS) is 11.1. The van der Waals surface area contributed by atoms with Gasteiger partial charge in [-0.1, -0.05) is 5.10 Å². The lowest BCUT2D eigenvalue weighted by molar-refractivity contribution is 0.590. The number of rotatable bonds is 1. The number of nitrogens with two attached hydrogens (primary N) is 1. The van der Waals surface area contributed by atoms with Crippen molar-refractivity contribution in [2.75, 3.05) is 5.73 Å². The Morgan fingerprint density at radius 2 is 1.85 bits per heavy atom. The van der Waals surface area contributed by atoms with Crippen LogP contribution in [0.5, 0.6) is 0 Å². The van der Waals surface area contributed by atoms with Crippen molar-refractivity contribution >= 4 is 17.0 Å². The summed E-state index contributed by atoms with van der Waals surface area (Å²) in [5.74, 6) is 0.191. The molecule has 8 heteroatoms. The zero-order chi connectivity index (χ0) is 14.4. The van der Waals surface area contributed by atoms with Gasteiger partial charge in [-0.25, -0.2) is 0 Å². The first-order valence-corrected chi connectivity index (χ1v) is 5.83. The smallest absolute Gasteiger partial charge is 0.314 e. The highest BCUT2D eigenvalue weighted by molar-refractivity contribution is 5.91. The highest BCUT2D eigenvalue weighted by atomic mass is 16.4. The van der Waals surface area contributed by atoms with E-state index in [0.717, 1.165) is 11.1 Å². The van der Waals surface area contributed by atoms with Crippen LogP contribution in [-0.2, 0) is 0 Å². The number of fused-ring (bicyclic) bond motifs is 1. The van der Waals surface area contributed by atoms with Gasteiger partial charge in [0.2, 0.25) is 0 Å². The van der Waals surface area contributed by atoms with E-state index in [1.54, 1.807) is 6.07 Å². The molecule has 0 aliphatic heterocycles. The number of nitrogens with zero attached hydrogens (tertiary/aromatic N) is 2. The van der Waals surface area contributed by atoms with E-state index in [0.29, 0.717) is 16.6 Å². The van der Waals surface area contributed by atoms with E-state index in [9.17, 15) is 9.59 Å². The number of H-pyrrole nitrogens is 2. The zero-order valence-corrected chi connectivity index (χ0v) is 10.8. The molecular formula is C12H11N5O3. The Morgan fingerprint density at radius 1 is 1.15 bits per heavy atom. The zero-order valence-electron chi connectivity index (χ0n) is 10.8. The van der Waals surface area contributed by atoms with Gasteiger partial charge in [-0.15, -0.1) is 5.10 Å². The van der Waals surface area contributed by atoms with Crippen molar-refractivity contribution in [1.82, 2.24) is 20.2 Å². The van der Waals surface area contributed by atoms with E-state index < -0.39 is 11.1 Å². The maximum atomic E-state index is 11.5. The number of aromatic amines is 2. The molecule has 0 bridgehead atoms. The van der Waals surface area contributed by atoms with Crippen LogP contribution in [0.4, 0.5) is 6.01 Å². The standard InChI is InChI=1S/C12H11N5O3/c1-4-3-6-8(15-10(19)9(18)14-6)7(5(4)2)11-16-17-12(13)20-11/h3H,1-2H3,(H2,13,17)(H,14,18)(H,15,19). The number of nitrogen functional groups attached to an aromatic ring is 1. The van der Waals surface area contributed by atoms with Gasteiger partial charge in [-0.3, -0.25) is 9.59 Å². The van der Waals surface area contributed by atoms with E-state index in [4.69, 9.17) is 10.2 Å². The SMILES string of the molecule is Cc1cc2[nH]c(=O)c(=O)[nH]c2c(-c2nnc(N)o2)c1C. The maximum Gasteiger partial charge on any atom is 0.314 e. The van der Waals surface area contributed by atoms with Crippen molar-refractivity contribution in [2.45, 2.75) is 13.8 Å². The Hall–Kier alpha value is -2.90. The van der Waals surface area contributed by atoms with Crippen molar-refractivity contribution in [2.24, 2.45) is 0 Å². The average Bonchev–Trinajstić information content (AvgIpc) is 2.80. The lowest BCUT2D eigenvalue weighted by atomic mass is 10.0. The van der Waals surface area contributed by atoms with Crippen LogP contribution < -0.4 is 16.9 Å². The van der Waals surface area contributed by atoms with Gasteiger partial charge in [-0.05, 0) is 31.0 Å². The molecule has 3 aromatic rings. The Labute approximate surface area is 111 Å². The minimum atomic E-state index is -0.741. The van der Waals surface area contributed by atoms with Gasteiger partial charge in [0.25, 0.3) is 5.89 Å². The molecule has 0 aliphatic carbocycles. The Bertz CT molecular complexity index is 934. The van der Waals surface area contributed by atoms with Crippen molar-refractivity contribution < 1.29 is 4.42 Å². The molecule has 2 heterocycles. The molecule has 2 aromatic heterocycles. The number of anilines is 1. The molecule has 102 valence electrons. The minimum absolute atomic E-state index is 0.0687. The molecule has 0 atom stereocenters.